The van der Waals surface area contributed by atoms with Gasteiger partial charge in [-0.25, -0.2) is 18.1 Å². The fourth-order valence-electron chi connectivity index (χ4n) is 4.09. The number of halogens is 2. The molecule has 2 amide bonds. The van der Waals surface area contributed by atoms with Crippen LogP contribution < -0.4 is 10.2 Å². The summed E-state index contributed by atoms with van der Waals surface area (Å²) in [5.41, 5.74) is 8.29. The Hall–Kier alpha value is -2.27. The molecule has 0 aliphatic heterocycles. The Balaban J connectivity index is 2.36. The van der Waals surface area contributed by atoms with Crippen LogP contribution in [0, 0.1) is 17.0 Å². The van der Waals surface area contributed by atoms with E-state index in [1.54, 1.807) is 0 Å². The second-order valence-corrected chi connectivity index (χ2v) is 9.75. The SMILES string of the molecule is CCCCCCC[N+](Cc1ccc(CC(C)(C)C)cc1)(C(N)=O)c1ccc(F)cc1F. The fourth-order valence-corrected chi connectivity index (χ4v) is 4.09. The number of rotatable bonds is 10. The van der Waals surface area contributed by atoms with E-state index in [9.17, 15) is 13.6 Å². The monoisotopic (exact) mass is 431 g/mol. The van der Waals surface area contributed by atoms with E-state index in [1.807, 2.05) is 12.1 Å². The summed E-state index contributed by atoms with van der Waals surface area (Å²) in [5, 5.41) is 0. The molecule has 0 aromatic heterocycles. The van der Waals surface area contributed by atoms with Gasteiger partial charge in [-0.3, -0.25) is 0 Å². The van der Waals surface area contributed by atoms with E-state index < -0.39 is 17.7 Å². The highest BCUT2D eigenvalue weighted by Gasteiger charge is 2.40. The van der Waals surface area contributed by atoms with Crippen LogP contribution in [-0.4, -0.2) is 12.6 Å². The third-order valence-electron chi connectivity index (χ3n) is 5.65. The molecule has 170 valence electrons. The summed E-state index contributed by atoms with van der Waals surface area (Å²) in [4.78, 5) is 12.8. The van der Waals surface area contributed by atoms with E-state index in [2.05, 4.69) is 39.8 Å². The molecule has 0 aliphatic rings. The zero-order valence-corrected chi connectivity index (χ0v) is 19.4. The van der Waals surface area contributed by atoms with E-state index in [0.717, 1.165) is 50.2 Å². The molecular formula is C26H37F2N2O+. The minimum Gasteiger partial charge on any atom is -0.319 e. The van der Waals surface area contributed by atoms with E-state index >= 15 is 0 Å². The number of hydrogen-bond acceptors (Lipinski definition) is 1. The number of urea groups is 1. The molecule has 0 spiro atoms. The van der Waals surface area contributed by atoms with Crippen LogP contribution in [0.15, 0.2) is 42.5 Å². The summed E-state index contributed by atoms with van der Waals surface area (Å²) < 4.78 is 28.0. The lowest BCUT2D eigenvalue weighted by molar-refractivity contribution is 0.201. The van der Waals surface area contributed by atoms with Crippen molar-refractivity contribution in [1.82, 2.24) is 4.48 Å². The van der Waals surface area contributed by atoms with Crippen LogP contribution in [0.3, 0.4) is 0 Å². The second kappa shape index (κ2) is 10.9. The maximum absolute atomic E-state index is 14.8. The van der Waals surface area contributed by atoms with Crippen molar-refractivity contribution in [2.75, 3.05) is 6.54 Å². The second-order valence-electron chi connectivity index (χ2n) is 9.75. The minimum atomic E-state index is -0.739. The Morgan fingerprint density at radius 3 is 2.10 bits per heavy atom. The highest BCUT2D eigenvalue weighted by atomic mass is 19.1. The summed E-state index contributed by atoms with van der Waals surface area (Å²) in [7, 11) is 0. The van der Waals surface area contributed by atoms with Crippen LogP contribution in [0.4, 0.5) is 19.3 Å². The smallest absolute Gasteiger partial charge is 0.319 e. The predicted octanol–water partition coefficient (Wildman–Crippen LogP) is 7.11. The van der Waals surface area contributed by atoms with Gasteiger partial charge in [0.15, 0.2) is 11.5 Å². The minimum absolute atomic E-state index is 0.128. The normalized spacial score (nSPS) is 13.7. The number of quaternary nitrogens is 1. The van der Waals surface area contributed by atoms with Crippen molar-refractivity contribution in [3.8, 4) is 0 Å². The summed E-state index contributed by atoms with van der Waals surface area (Å²) in [6, 6.07) is 10.8. The summed E-state index contributed by atoms with van der Waals surface area (Å²) in [6.45, 7) is 9.32. The highest BCUT2D eigenvalue weighted by Crippen LogP contribution is 2.31. The molecule has 1 unspecified atom stereocenters. The van der Waals surface area contributed by atoms with Crippen molar-refractivity contribution < 1.29 is 13.6 Å². The van der Waals surface area contributed by atoms with Crippen LogP contribution in [0.25, 0.3) is 0 Å². The Labute approximate surface area is 185 Å². The van der Waals surface area contributed by atoms with Gasteiger partial charge >= 0.3 is 6.03 Å². The molecule has 0 aliphatic carbocycles. The number of carbonyl (C=O) groups is 1. The van der Waals surface area contributed by atoms with Gasteiger partial charge in [0.25, 0.3) is 0 Å². The molecule has 0 bridgehead atoms. The molecule has 0 saturated carbocycles. The molecule has 2 rings (SSSR count). The lowest BCUT2D eigenvalue weighted by Gasteiger charge is -2.34. The number of nitrogens with two attached hydrogens (primary N) is 1. The van der Waals surface area contributed by atoms with Crippen LogP contribution in [0.1, 0.15) is 70.9 Å². The largest absolute Gasteiger partial charge is 0.419 e. The Kier molecular flexibility index (Phi) is 8.75. The first-order valence-corrected chi connectivity index (χ1v) is 11.3. The molecule has 5 heteroatoms. The lowest BCUT2D eigenvalue weighted by Crippen LogP contribution is -2.57. The third-order valence-corrected chi connectivity index (χ3v) is 5.65. The van der Waals surface area contributed by atoms with Crippen molar-refractivity contribution in [3.05, 3.63) is 65.2 Å². The van der Waals surface area contributed by atoms with Crippen molar-refractivity contribution in [1.29, 1.82) is 0 Å². The third kappa shape index (κ3) is 7.13. The molecule has 3 nitrogen and oxygen atoms in total. The maximum Gasteiger partial charge on any atom is 0.419 e. The van der Waals surface area contributed by atoms with E-state index in [4.69, 9.17) is 5.73 Å². The molecule has 2 aromatic carbocycles. The Bertz CT molecular complexity index is 859. The Morgan fingerprint density at radius 1 is 0.935 bits per heavy atom. The van der Waals surface area contributed by atoms with Crippen LogP contribution in [0.2, 0.25) is 0 Å². The quantitative estimate of drug-likeness (QED) is 0.316. The van der Waals surface area contributed by atoms with Gasteiger partial charge < -0.3 is 5.73 Å². The molecule has 0 radical (unpaired) electrons. The molecular weight excluding hydrogens is 394 g/mol. The van der Waals surface area contributed by atoms with Gasteiger partial charge in [0, 0.05) is 17.7 Å². The average Bonchev–Trinajstić information content (AvgIpc) is 2.67. The number of nitrogens with zero attached hydrogens (tertiary/aromatic N) is 1. The van der Waals surface area contributed by atoms with E-state index in [-0.39, 0.29) is 22.1 Å². The van der Waals surface area contributed by atoms with Gasteiger partial charge in [-0.05, 0) is 36.3 Å². The highest BCUT2D eigenvalue weighted by molar-refractivity contribution is 5.85. The molecule has 0 fully saturated rings. The first-order chi connectivity index (χ1) is 14.6. The van der Waals surface area contributed by atoms with Gasteiger partial charge in [-0.2, -0.15) is 0 Å². The molecule has 2 aromatic rings. The molecule has 31 heavy (non-hydrogen) atoms. The van der Waals surface area contributed by atoms with Crippen LogP contribution in [0.5, 0.6) is 0 Å². The zero-order valence-electron chi connectivity index (χ0n) is 19.4. The number of carbonyl (C=O) groups excluding carboxylic acids is 1. The van der Waals surface area contributed by atoms with Gasteiger partial charge in [0.05, 0.1) is 6.54 Å². The fraction of sp³-hybridized carbons (Fsp3) is 0.500. The predicted molar refractivity (Wildman–Crippen MR) is 125 cm³/mol. The maximum atomic E-state index is 14.8. The molecule has 1 atom stereocenters. The number of amides is 2. The number of unbranched alkanes of at least 4 members (excludes halogenated alkanes) is 4. The van der Waals surface area contributed by atoms with Crippen LogP contribution >= 0.6 is 0 Å². The first kappa shape index (κ1) is 25.0. The van der Waals surface area contributed by atoms with Crippen molar-refractivity contribution in [3.63, 3.8) is 0 Å². The summed E-state index contributed by atoms with van der Waals surface area (Å²) >= 11 is 0. The van der Waals surface area contributed by atoms with Gasteiger partial charge in [0.1, 0.15) is 12.4 Å². The van der Waals surface area contributed by atoms with Crippen LogP contribution in [-0.2, 0) is 13.0 Å². The lowest BCUT2D eigenvalue weighted by atomic mass is 9.88. The number of hydrogen-bond donors (Lipinski definition) is 1. The molecule has 0 heterocycles. The standard InChI is InChI=1S/C26H36F2N2O/c1-5-6-7-8-9-16-30(25(29)31,24-15-14-22(27)17-23(24)28)19-21-12-10-20(11-13-21)18-26(2,3)4/h10-15,17H,5-9,16,18-19H2,1-4H3,(H-,29,31)/p+1. The van der Waals surface area contributed by atoms with Gasteiger partial charge in [-0.15, -0.1) is 0 Å². The summed E-state index contributed by atoms with van der Waals surface area (Å²) in [6.07, 6.45) is 5.91. The molecule has 2 N–H and O–H groups in total. The van der Waals surface area contributed by atoms with E-state index in [0.29, 0.717) is 6.54 Å². The van der Waals surface area contributed by atoms with Gasteiger partial charge in [-0.1, -0.05) is 71.2 Å². The van der Waals surface area contributed by atoms with E-state index in [1.165, 1.54) is 17.7 Å². The van der Waals surface area contributed by atoms with Crippen molar-refractivity contribution >= 4 is 11.7 Å². The average molecular weight is 432 g/mol. The topological polar surface area (TPSA) is 43.1 Å². The molecule has 0 saturated heterocycles. The first-order valence-electron chi connectivity index (χ1n) is 11.3. The van der Waals surface area contributed by atoms with Gasteiger partial charge in [0.2, 0.25) is 0 Å². The summed E-state index contributed by atoms with van der Waals surface area (Å²) in [5.74, 6) is -1.41. The van der Waals surface area contributed by atoms with Crippen molar-refractivity contribution in [2.45, 2.75) is 72.8 Å². The number of primary amides is 1. The van der Waals surface area contributed by atoms with Crippen molar-refractivity contribution in [2.24, 2.45) is 11.1 Å². The zero-order chi connectivity index (χ0) is 23.1. The number of benzene rings is 2. The Morgan fingerprint density at radius 2 is 1.55 bits per heavy atom.